The molecule has 0 atom stereocenters. The molecule has 0 spiro atoms. The number of nitrogens with zero attached hydrogens (tertiary/aromatic N) is 1. The van der Waals surface area contributed by atoms with E-state index in [4.69, 9.17) is 0 Å². The predicted octanol–water partition coefficient (Wildman–Crippen LogP) is 3.55. The van der Waals surface area contributed by atoms with Crippen molar-refractivity contribution in [3.8, 4) is 5.75 Å². The molecule has 0 aromatic heterocycles. The Morgan fingerprint density at radius 3 is 2.28 bits per heavy atom. The summed E-state index contributed by atoms with van der Waals surface area (Å²) in [7, 11) is 1.57. The van der Waals surface area contributed by atoms with Crippen LogP contribution in [0.15, 0.2) is 59.6 Å². The van der Waals surface area contributed by atoms with Gasteiger partial charge in [0.05, 0.1) is 6.54 Å². The number of aliphatic imine (C=N–C) groups is 1. The average Bonchev–Trinajstić information content (AvgIpc) is 2.67. The summed E-state index contributed by atoms with van der Waals surface area (Å²) >= 11 is 0. The van der Waals surface area contributed by atoms with Gasteiger partial charge >= 0.3 is 6.18 Å². The van der Waals surface area contributed by atoms with Crippen LogP contribution in [0.1, 0.15) is 5.56 Å². The van der Waals surface area contributed by atoms with Gasteiger partial charge in [0.25, 0.3) is 0 Å². The highest BCUT2D eigenvalue weighted by molar-refractivity contribution is 14.0. The fourth-order valence-corrected chi connectivity index (χ4v) is 2.17. The maximum Gasteiger partial charge on any atom is 0.422 e. The molecular weight excluding hydrogens is 500 g/mol. The molecule has 10 heteroatoms. The summed E-state index contributed by atoms with van der Waals surface area (Å²) in [5.41, 5.74) is 1.51. The van der Waals surface area contributed by atoms with Crippen LogP contribution in [0.3, 0.4) is 0 Å². The molecule has 0 aliphatic heterocycles. The van der Waals surface area contributed by atoms with Crippen LogP contribution in [0, 0.1) is 0 Å². The van der Waals surface area contributed by atoms with E-state index in [0.717, 1.165) is 5.56 Å². The molecule has 1 amide bonds. The highest BCUT2D eigenvalue weighted by Crippen LogP contribution is 2.18. The number of hydrogen-bond donors (Lipinski definition) is 3. The fourth-order valence-electron chi connectivity index (χ4n) is 2.17. The minimum absolute atomic E-state index is 0. The molecular formula is C19H22F3IN4O2. The molecule has 0 saturated carbocycles. The standard InChI is InChI=1S/C19H21F3N4O2.HI/c1-23-18(25-12-17(27)26-15-5-3-2-4-6-15)24-11-14-7-9-16(10-8-14)28-13-19(20,21)22;/h2-10H,11-13H2,1H3,(H,26,27)(H2,23,24,25);1H. The van der Waals surface area contributed by atoms with E-state index < -0.39 is 12.8 Å². The van der Waals surface area contributed by atoms with Gasteiger partial charge in [-0.05, 0) is 29.8 Å². The molecule has 2 aromatic rings. The quantitative estimate of drug-likeness (QED) is 0.296. The number of carbonyl (C=O) groups excluding carboxylic acids is 1. The van der Waals surface area contributed by atoms with Crippen LogP contribution in [0.25, 0.3) is 0 Å². The third-order valence-electron chi connectivity index (χ3n) is 3.48. The Hall–Kier alpha value is -2.50. The van der Waals surface area contributed by atoms with E-state index >= 15 is 0 Å². The number of ether oxygens (including phenoxy) is 1. The number of carbonyl (C=O) groups is 1. The summed E-state index contributed by atoms with van der Waals surface area (Å²) in [4.78, 5) is 15.9. The van der Waals surface area contributed by atoms with Gasteiger partial charge in [-0.15, -0.1) is 24.0 Å². The molecule has 0 bridgehead atoms. The number of alkyl halides is 3. The summed E-state index contributed by atoms with van der Waals surface area (Å²) in [5, 5.41) is 8.65. The lowest BCUT2D eigenvalue weighted by molar-refractivity contribution is -0.153. The number of amides is 1. The first kappa shape index (κ1) is 24.5. The summed E-state index contributed by atoms with van der Waals surface area (Å²) < 4.78 is 41.1. The number of halogens is 4. The van der Waals surface area contributed by atoms with Crippen molar-refractivity contribution >= 4 is 41.5 Å². The van der Waals surface area contributed by atoms with Crippen LogP contribution < -0.4 is 20.7 Å². The zero-order chi connectivity index (χ0) is 20.4. The molecule has 3 N–H and O–H groups in total. The normalized spacial score (nSPS) is 11.2. The number of anilines is 1. The van der Waals surface area contributed by atoms with E-state index in [2.05, 4.69) is 25.7 Å². The van der Waals surface area contributed by atoms with Crippen LogP contribution >= 0.6 is 24.0 Å². The van der Waals surface area contributed by atoms with Gasteiger partial charge in [-0.25, -0.2) is 0 Å². The molecule has 0 radical (unpaired) electrons. The molecule has 0 fully saturated rings. The maximum atomic E-state index is 12.1. The molecule has 0 aliphatic rings. The molecule has 6 nitrogen and oxygen atoms in total. The molecule has 0 heterocycles. The van der Waals surface area contributed by atoms with Crippen molar-refractivity contribution in [2.75, 3.05) is 25.5 Å². The van der Waals surface area contributed by atoms with Gasteiger partial charge in [-0.1, -0.05) is 30.3 Å². The summed E-state index contributed by atoms with van der Waals surface area (Å²) in [6, 6.07) is 15.3. The first-order valence-electron chi connectivity index (χ1n) is 8.43. The van der Waals surface area contributed by atoms with E-state index in [1.54, 1.807) is 31.3 Å². The second-order valence-electron chi connectivity index (χ2n) is 5.74. The lowest BCUT2D eigenvalue weighted by Gasteiger charge is -2.13. The SMILES string of the molecule is CN=C(NCC(=O)Nc1ccccc1)NCc1ccc(OCC(F)(F)F)cc1.I. The van der Waals surface area contributed by atoms with Crippen LogP contribution in [0.4, 0.5) is 18.9 Å². The van der Waals surface area contributed by atoms with Gasteiger partial charge in [-0.2, -0.15) is 13.2 Å². The Morgan fingerprint density at radius 2 is 1.69 bits per heavy atom. The van der Waals surface area contributed by atoms with E-state index in [1.807, 2.05) is 18.2 Å². The number of para-hydroxylation sites is 1. The van der Waals surface area contributed by atoms with Gasteiger partial charge in [0.15, 0.2) is 12.6 Å². The summed E-state index contributed by atoms with van der Waals surface area (Å²) in [6.45, 7) is -0.926. The van der Waals surface area contributed by atoms with Crippen molar-refractivity contribution in [1.29, 1.82) is 0 Å². The van der Waals surface area contributed by atoms with E-state index in [-0.39, 0.29) is 42.2 Å². The Bertz CT molecular complexity index is 784. The third-order valence-corrected chi connectivity index (χ3v) is 3.48. The maximum absolute atomic E-state index is 12.1. The fraction of sp³-hybridized carbons (Fsp3) is 0.263. The minimum atomic E-state index is -4.37. The Balaban J connectivity index is 0.00000420. The molecule has 2 rings (SSSR count). The average molecular weight is 522 g/mol. The number of guanidine groups is 1. The molecule has 0 saturated heterocycles. The van der Waals surface area contributed by atoms with Crippen molar-refractivity contribution in [2.24, 2.45) is 4.99 Å². The smallest absolute Gasteiger partial charge is 0.422 e. The summed E-state index contributed by atoms with van der Waals surface area (Å²) in [6.07, 6.45) is -4.37. The van der Waals surface area contributed by atoms with Crippen LogP contribution in [0.5, 0.6) is 5.75 Å². The van der Waals surface area contributed by atoms with Crippen LogP contribution in [0.2, 0.25) is 0 Å². The van der Waals surface area contributed by atoms with E-state index in [9.17, 15) is 18.0 Å². The zero-order valence-corrected chi connectivity index (χ0v) is 18.0. The highest BCUT2D eigenvalue weighted by atomic mass is 127. The van der Waals surface area contributed by atoms with Crippen molar-refractivity contribution in [1.82, 2.24) is 10.6 Å². The molecule has 158 valence electrons. The van der Waals surface area contributed by atoms with Crippen LogP contribution in [-0.2, 0) is 11.3 Å². The lowest BCUT2D eigenvalue weighted by atomic mass is 10.2. The highest BCUT2D eigenvalue weighted by Gasteiger charge is 2.28. The first-order valence-corrected chi connectivity index (χ1v) is 8.43. The van der Waals surface area contributed by atoms with Gasteiger partial charge < -0.3 is 20.7 Å². The van der Waals surface area contributed by atoms with Gasteiger partial charge in [-0.3, -0.25) is 9.79 Å². The number of rotatable bonds is 7. The van der Waals surface area contributed by atoms with Crippen molar-refractivity contribution in [3.63, 3.8) is 0 Å². The molecule has 0 aliphatic carbocycles. The molecule has 2 aromatic carbocycles. The van der Waals surface area contributed by atoms with Gasteiger partial charge in [0.2, 0.25) is 5.91 Å². The van der Waals surface area contributed by atoms with E-state index in [1.165, 1.54) is 12.1 Å². The van der Waals surface area contributed by atoms with Crippen LogP contribution in [-0.4, -0.2) is 38.2 Å². The topological polar surface area (TPSA) is 74.8 Å². The third kappa shape index (κ3) is 10.0. The molecule has 29 heavy (non-hydrogen) atoms. The first-order chi connectivity index (χ1) is 13.4. The van der Waals surface area contributed by atoms with Gasteiger partial charge in [0, 0.05) is 19.3 Å². The van der Waals surface area contributed by atoms with Crippen molar-refractivity contribution in [2.45, 2.75) is 12.7 Å². The number of nitrogens with one attached hydrogen (secondary N) is 3. The Kier molecular flexibility index (Phi) is 10.3. The number of benzene rings is 2. The minimum Gasteiger partial charge on any atom is -0.484 e. The second-order valence-corrected chi connectivity index (χ2v) is 5.74. The monoisotopic (exact) mass is 522 g/mol. The largest absolute Gasteiger partial charge is 0.484 e. The Labute approximate surface area is 184 Å². The van der Waals surface area contributed by atoms with E-state index in [0.29, 0.717) is 18.2 Å². The zero-order valence-electron chi connectivity index (χ0n) is 15.6. The van der Waals surface area contributed by atoms with Gasteiger partial charge in [0.1, 0.15) is 5.75 Å². The second kappa shape index (κ2) is 12.1. The van der Waals surface area contributed by atoms with Crippen molar-refractivity contribution in [3.05, 3.63) is 60.2 Å². The molecule has 0 unspecified atom stereocenters. The predicted molar refractivity (Wildman–Crippen MR) is 117 cm³/mol. The Morgan fingerprint density at radius 1 is 1.03 bits per heavy atom. The lowest BCUT2D eigenvalue weighted by Crippen LogP contribution is -2.41. The van der Waals surface area contributed by atoms with Crippen molar-refractivity contribution < 1.29 is 22.7 Å². The summed E-state index contributed by atoms with van der Waals surface area (Å²) in [5.74, 6) is 0.335. The number of hydrogen-bond acceptors (Lipinski definition) is 3.